The molecule has 4 nitrogen and oxygen atoms in total. The summed E-state index contributed by atoms with van der Waals surface area (Å²) in [5.41, 5.74) is 2.45. The predicted octanol–water partition coefficient (Wildman–Crippen LogP) is 2.38. The standard InChI is InChI=1S/C19H24N2O2S/c1-24(22,23)21-13-12-20(15-18-10-6-3-7-11-18)16-19(21)14-17-8-4-2-5-9-17/h2-11,19H,12-16H2,1H3/t19-/m1/s1. The predicted molar refractivity (Wildman–Crippen MR) is 97.2 cm³/mol. The highest BCUT2D eigenvalue weighted by Gasteiger charge is 2.32. The molecule has 5 heteroatoms. The van der Waals surface area contributed by atoms with Gasteiger partial charge in [0, 0.05) is 32.2 Å². The van der Waals surface area contributed by atoms with E-state index in [1.807, 2.05) is 36.4 Å². The zero-order chi connectivity index (χ0) is 17.0. The maximum absolute atomic E-state index is 12.2. The van der Waals surface area contributed by atoms with Crippen LogP contribution in [-0.4, -0.2) is 49.6 Å². The summed E-state index contributed by atoms with van der Waals surface area (Å²) in [5.74, 6) is 0. The third-order valence-corrected chi connectivity index (χ3v) is 5.83. The Hall–Kier alpha value is -1.69. The van der Waals surface area contributed by atoms with Crippen molar-refractivity contribution >= 4 is 10.0 Å². The smallest absolute Gasteiger partial charge is 0.211 e. The van der Waals surface area contributed by atoms with Gasteiger partial charge in [0.25, 0.3) is 0 Å². The maximum atomic E-state index is 12.2. The Morgan fingerprint density at radius 2 is 1.50 bits per heavy atom. The van der Waals surface area contributed by atoms with Gasteiger partial charge in [-0.1, -0.05) is 60.7 Å². The van der Waals surface area contributed by atoms with Crippen LogP contribution in [0.15, 0.2) is 60.7 Å². The largest absolute Gasteiger partial charge is 0.296 e. The third kappa shape index (κ3) is 4.44. The highest BCUT2D eigenvalue weighted by molar-refractivity contribution is 7.88. The normalized spacial score (nSPS) is 20.1. The van der Waals surface area contributed by atoms with E-state index in [1.54, 1.807) is 4.31 Å². The van der Waals surface area contributed by atoms with E-state index in [9.17, 15) is 8.42 Å². The van der Waals surface area contributed by atoms with Gasteiger partial charge in [0.05, 0.1) is 6.26 Å². The van der Waals surface area contributed by atoms with Gasteiger partial charge >= 0.3 is 0 Å². The number of benzene rings is 2. The monoisotopic (exact) mass is 344 g/mol. The van der Waals surface area contributed by atoms with E-state index in [-0.39, 0.29) is 6.04 Å². The first kappa shape index (κ1) is 17.1. The van der Waals surface area contributed by atoms with Crippen LogP contribution in [0, 0.1) is 0 Å². The molecular formula is C19H24N2O2S. The average Bonchev–Trinajstić information content (AvgIpc) is 2.56. The Morgan fingerprint density at radius 3 is 2.08 bits per heavy atom. The molecule has 24 heavy (non-hydrogen) atoms. The van der Waals surface area contributed by atoms with Crippen LogP contribution in [-0.2, 0) is 23.0 Å². The van der Waals surface area contributed by atoms with E-state index >= 15 is 0 Å². The second-order valence-corrected chi connectivity index (χ2v) is 8.37. The number of sulfonamides is 1. The molecule has 0 radical (unpaired) electrons. The average molecular weight is 344 g/mol. The lowest BCUT2D eigenvalue weighted by molar-refractivity contribution is 0.129. The number of hydrogen-bond acceptors (Lipinski definition) is 3. The molecule has 1 aliphatic heterocycles. The quantitative estimate of drug-likeness (QED) is 0.836. The van der Waals surface area contributed by atoms with Crippen LogP contribution in [0.2, 0.25) is 0 Å². The van der Waals surface area contributed by atoms with Crippen molar-refractivity contribution in [1.82, 2.24) is 9.21 Å². The molecule has 1 fully saturated rings. The molecule has 0 saturated carbocycles. The molecule has 0 aromatic heterocycles. The molecule has 3 rings (SSSR count). The van der Waals surface area contributed by atoms with Crippen LogP contribution < -0.4 is 0 Å². The van der Waals surface area contributed by atoms with E-state index < -0.39 is 10.0 Å². The van der Waals surface area contributed by atoms with Crippen molar-refractivity contribution < 1.29 is 8.42 Å². The van der Waals surface area contributed by atoms with Gasteiger partial charge in [-0.15, -0.1) is 0 Å². The first-order valence-corrected chi connectivity index (χ1v) is 10.1. The van der Waals surface area contributed by atoms with Crippen molar-refractivity contribution in [2.45, 2.75) is 19.0 Å². The van der Waals surface area contributed by atoms with Gasteiger partial charge < -0.3 is 0 Å². The zero-order valence-corrected chi connectivity index (χ0v) is 14.8. The van der Waals surface area contributed by atoms with Crippen molar-refractivity contribution in [1.29, 1.82) is 0 Å². The summed E-state index contributed by atoms with van der Waals surface area (Å²) in [5, 5.41) is 0. The number of hydrogen-bond donors (Lipinski definition) is 0. The van der Waals surface area contributed by atoms with Crippen LogP contribution >= 0.6 is 0 Å². The van der Waals surface area contributed by atoms with Crippen LogP contribution in [0.5, 0.6) is 0 Å². The zero-order valence-electron chi connectivity index (χ0n) is 14.0. The molecule has 1 saturated heterocycles. The lowest BCUT2D eigenvalue weighted by Crippen LogP contribution is -2.55. The molecule has 0 aliphatic carbocycles. The highest BCUT2D eigenvalue weighted by atomic mass is 32.2. The molecule has 0 amide bonds. The third-order valence-electron chi connectivity index (χ3n) is 4.50. The van der Waals surface area contributed by atoms with Gasteiger partial charge in [-0.3, -0.25) is 4.90 Å². The Labute approximate surface area is 144 Å². The molecular weight excluding hydrogens is 320 g/mol. The van der Waals surface area contributed by atoms with E-state index in [0.717, 1.165) is 26.1 Å². The fourth-order valence-corrected chi connectivity index (χ4v) is 4.47. The molecule has 0 spiro atoms. The Bertz CT molecular complexity index is 747. The lowest BCUT2D eigenvalue weighted by Gasteiger charge is -2.40. The van der Waals surface area contributed by atoms with Crippen molar-refractivity contribution in [3.63, 3.8) is 0 Å². The van der Waals surface area contributed by atoms with Crippen LogP contribution in [0.4, 0.5) is 0 Å². The molecule has 1 aliphatic rings. The molecule has 0 unspecified atom stereocenters. The van der Waals surface area contributed by atoms with Gasteiger partial charge in [0.15, 0.2) is 0 Å². The van der Waals surface area contributed by atoms with Crippen molar-refractivity contribution in [2.75, 3.05) is 25.9 Å². The Kier molecular flexibility index (Phi) is 5.33. The molecule has 0 bridgehead atoms. The van der Waals surface area contributed by atoms with Crippen LogP contribution in [0.1, 0.15) is 11.1 Å². The highest BCUT2D eigenvalue weighted by Crippen LogP contribution is 2.19. The van der Waals surface area contributed by atoms with Gasteiger partial charge in [0.1, 0.15) is 0 Å². The minimum atomic E-state index is -3.18. The summed E-state index contributed by atoms with van der Waals surface area (Å²) < 4.78 is 26.0. The first-order valence-electron chi connectivity index (χ1n) is 8.29. The Morgan fingerprint density at radius 1 is 0.917 bits per heavy atom. The number of piperazine rings is 1. The molecule has 1 heterocycles. The Balaban J connectivity index is 1.74. The van der Waals surface area contributed by atoms with Crippen molar-refractivity contribution in [2.24, 2.45) is 0 Å². The minimum Gasteiger partial charge on any atom is -0.296 e. The van der Waals surface area contributed by atoms with E-state index in [0.29, 0.717) is 6.54 Å². The molecule has 1 atom stereocenters. The van der Waals surface area contributed by atoms with E-state index in [1.165, 1.54) is 17.4 Å². The van der Waals surface area contributed by atoms with Gasteiger partial charge in [-0.2, -0.15) is 4.31 Å². The minimum absolute atomic E-state index is 0.0140. The summed E-state index contributed by atoms with van der Waals surface area (Å²) >= 11 is 0. The molecule has 0 N–H and O–H groups in total. The van der Waals surface area contributed by atoms with E-state index in [4.69, 9.17) is 0 Å². The number of rotatable bonds is 5. The summed E-state index contributed by atoms with van der Waals surface area (Å²) in [6.07, 6.45) is 2.07. The summed E-state index contributed by atoms with van der Waals surface area (Å²) in [4.78, 5) is 2.35. The summed E-state index contributed by atoms with van der Waals surface area (Å²) in [6.45, 7) is 2.96. The molecule has 2 aromatic carbocycles. The lowest BCUT2D eigenvalue weighted by atomic mass is 10.0. The fourth-order valence-electron chi connectivity index (χ4n) is 3.38. The summed E-state index contributed by atoms with van der Waals surface area (Å²) in [6, 6.07) is 20.5. The van der Waals surface area contributed by atoms with E-state index in [2.05, 4.69) is 29.2 Å². The van der Waals surface area contributed by atoms with Crippen molar-refractivity contribution in [3.05, 3.63) is 71.8 Å². The SMILES string of the molecule is CS(=O)(=O)N1CCN(Cc2ccccc2)C[C@H]1Cc1ccccc1. The molecule has 2 aromatic rings. The molecule has 128 valence electrons. The fraction of sp³-hybridized carbons (Fsp3) is 0.368. The van der Waals surface area contributed by atoms with Gasteiger partial charge in [0.2, 0.25) is 10.0 Å². The number of nitrogens with zero attached hydrogens (tertiary/aromatic N) is 2. The maximum Gasteiger partial charge on any atom is 0.211 e. The van der Waals surface area contributed by atoms with Crippen LogP contribution in [0.3, 0.4) is 0 Å². The van der Waals surface area contributed by atoms with Gasteiger partial charge in [-0.25, -0.2) is 8.42 Å². The first-order chi connectivity index (χ1) is 11.5. The topological polar surface area (TPSA) is 40.6 Å². The second-order valence-electron chi connectivity index (χ2n) is 6.44. The van der Waals surface area contributed by atoms with Gasteiger partial charge in [-0.05, 0) is 17.5 Å². The summed E-state index contributed by atoms with van der Waals surface area (Å²) in [7, 11) is -3.18. The second kappa shape index (κ2) is 7.47. The van der Waals surface area contributed by atoms with Crippen molar-refractivity contribution in [3.8, 4) is 0 Å². The van der Waals surface area contributed by atoms with Crippen LogP contribution in [0.25, 0.3) is 0 Å².